The Balaban J connectivity index is 3.09. The highest BCUT2D eigenvalue weighted by Crippen LogP contribution is 1.96. The summed E-state index contributed by atoms with van der Waals surface area (Å²) >= 11 is 0. The average molecular weight is 230 g/mol. The average Bonchev–Trinajstić information content (AvgIpc) is 2.28. The van der Waals surface area contributed by atoms with Crippen molar-refractivity contribution >= 4 is 5.91 Å². The van der Waals surface area contributed by atoms with Gasteiger partial charge in [-0.3, -0.25) is 4.79 Å². The number of nitrogens with one attached hydrogen (secondary N) is 2. The van der Waals surface area contributed by atoms with Crippen molar-refractivity contribution in [1.82, 2.24) is 10.6 Å². The van der Waals surface area contributed by atoms with Crippen LogP contribution in [0, 0.1) is 0 Å². The van der Waals surface area contributed by atoms with Gasteiger partial charge in [0, 0.05) is 26.6 Å². The fourth-order valence-electron chi connectivity index (χ4n) is 1.38. The first kappa shape index (κ1) is 15.4. The molecule has 0 saturated carbocycles. The molecule has 0 atom stereocenters. The van der Waals surface area contributed by atoms with Gasteiger partial charge in [-0.2, -0.15) is 0 Å². The summed E-state index contributed by atoms with van der Waals surface area (Å²) in [6.45, 7) is 5.18. The van der Waals surface area contributed by atoms with Crippen LogP contribution in [-0.4, -0.2) is 39.3 Å². The van der Waals surface area contributed by atoms with Gasteiger partial charge in [0.25, 0.3) is 0 Å². The molecule has 0 aromatic heterocycles. The predicted molar refractivity (Wildman–Crippen MR) is 66.5 cm³/mol. The van der Waals surface area contributed by atoms with Crippen molar-refractivity contribution in [3.63, 3.8) is 0 Å². The van der Waals surface area contributed by atoms with Gasteiger partial charge in [0.2, 0.25) is 5.91 Å². The molecule has 1 amide bonds. The summed E-state index contributed by atoms with van der Waals surface area (Å²) in [6.07, 6.45) is 5.61. The number of hydrogen-bond acceptors (Lipinski definition) is 3. The highest BCUT2D eigenvalue weighted by molar-refractivity contribution is 5.75. The Labute approximate surface area is 99.1 Å². The first-order chi connectivity index (χ1) is 7.81. The topological polar surface area (TPSA) is 50.4 Å². The highest BCUT2D eigenvalue weighted by Gasteiger charge is 1.98. The molecule has 0 aliphatic heterocycles. The first-order valence-corrected chi connectivity index (χ1v) is 6.27. The van der Waals surface area contributed by atoms with Crippen LogP contribution in [0.3, 0.4) is 0 Å². The second kappa shape index (κ2) is 12.5. The fourth-order valence-corrected chi connectivity index (χ4v) is 1.38. The number of ether oxygens (including phenoxy) is 1. The van der Waals surface area contributed by atoms with Gasteiger partial charge < -0.3 is 15.4 Å². The number of unbranched alkanes of at least 4 members (excludes halogenated alkanes) is 3. The molecular weight excluding hydrogens is 204 g/mol. The summed E-state index contributed by atoms with van der Waals surface area (Å²) < 4.78 is 4.84. The van der Waals surface area contributed by atoms with Gasteiger partial charge in [0.15, 0.2) is 0 Å². The van der Waals surface area contributed by atoms with Gasteiger partial charge in [-0.25, -0.2) is 0 Å². The van der Waals surface area contributed by atoms with E-state index in [9.17, 15) is 4.79 Å². The molecule has 0 aliphatic rings. The van der Waals surface area contributed by atoms with Gasteiger partial charge in [0.1, 0.15) is 0 Å². The third-order valence-corrected chi connectivity index (χ3v) is 2.36. The maximum Gasteiger partial charge on any atom is 0.221 e. The lowest BCUT2D eigenvalue weighted by Gasteiger charge is -2.05. The number of hydrogen-bond donors (Lipinski definition) is 2. The largest absolute Gasteiger partial charge is 0.383 e. The quantitative estimate of drug-likeness (QED) is 0.526. The second-order valence-corrected chi connectivity index (χ2v) is 3.90. The van der Waals surface area contributed by atoms with Crippen LogP contribution in [0.2, 0.25) is 0 Å². The molecule has 0 aromatic rings. The van der Waals surface area contributed by atoms with E-state index in [0.717, 1.165) is 13.1 Å². The molecule has 16 heavy (non-hydrogen) atoms. The smallest absolute Gasteiger partial charge is 0.221 e. The van der Waals surface area contributed by atoms with Crippen LogP contribution in [-0.2, 0) is 9.53 Å². The zero-order valence-electron chi connectivity index (χ0n) is 10.7. The van der Waals surface area contributed by atoms with E-state index in [0.29, 0.717) is 19.6 Å². The Hall–Kier alpha value is -0.610. The molecule has 0 unspecified atom stereocenters. The van der Waals surface area contributed by atoms with Crippen LogP contribution >= 0.6 is 0 Å². The van der Waals surface area contributed by atoms with Gasteiger partial charge in [-0.1, -0.05) is 26.2 Å². The molecule has 0 radical (unpaired) electrons. The van der Waals surface area contributed by atoms with E-state index >= 15 is 0 Å². The monoisotopic (exact) mass is 230 g/mol. The Bertz CT molecular complexity index is 163. The molecule has 0 rings (SSSR count). The minimum atomic E-state index is 0.0955. The van der Waals surface area contributed by atoms with Crippen LogP contribution in [0.25, 0.3) is 0 Å². The van der Waals surface area contributed by atoms with Crippen molar-refractivity contribution in [3.8, 4) is 0 Å². The summed E-state index contributed by atoms with van der Waals surface area (Å²) in [5, 5.41) is 6.06. The van der Waals surface area contributed by atoms with E-state index in [1.807, 2.05) is 0 Å². The molecule has 0 bridgehead atoms. The van der Waals surface area contributed by atoms with Crippen molar-refractivity contribution in [2.75, 3.05) is 33.4 Å². The molecule has 4 heteroatoms. The summed E-state index contributed by atoms with van der Waals surface area (Å²) in [5.74, 6) is 0.0955. The Morgan fingerprint density at radius 2 is 1.94 bits per heavy atom. The summed E-state index contributed by atoms with van der Waals surface area (Å²) in [4.78, 5) is 11.2. The minimum absolute atomic E-state index is 0.0955. The number of amides is 1. The maximum absolute atomic E-state index is 11.2. The summed E-state index contributed by atoms with van der Waals surface area (Å²) in [6, 6.07) is 0. The fraction of sp³-hybridized carbons (Fsp3) is 0.917. The number of carbonyl (C=O) groups is 1. The minimum Gasteiger partial charge on any atom is -0.383 e. The van der Waals surface area contributed by atoms with E-state index in [-0.39, 0.29) is 5.91 Å². The standard InChI is InChI=1S/C12H26N2O2/c1-3-4-5-6-8-13-9-7-12(15)14-10-11-16-2/h13H,3-11H2,1-2H3,(H,14,15). The molecule has 0 fully saturated rings. The molecule has 0 heterocycles. The molecule has 96 valence electrons. The van der Waals surface area contributed by atoms with Crippen molar-refractivity contribution in [2.45, 2.75) is 39.0 Å². The Morgan fingerprint density at radius 3 is 2.62 bits per heavy atom. The number of methoxy groups -OCH3 is 1. The van der Waals surface area contributed by atoms with Gasteiger partial charge >= 0.3 is 0 Å². The molecule has 0 spiro atoms. The van der Waals surface area contributed by atoms with Crippen molar-refractivity contribution in [3.05, 3.63) is 0 Å². The van der Waals surface area contributed by atoms with Crippen LogP contribution < -0.4 is 10.6 Å². The lowest BCUT2D eigenvalue weighted by molar-refractivity contribution is -0.121. The second-order valence-electron chi connectivity index (χ2n) is 3.90. The molecule has 0 aliphatic carbocycles. The zero-order chi connectivity index (χ0) is 12.1. The molecule has 0 saturated heterocycles. The molecule has 2 N–H and O–H groups in total. The van der Waals surface area contributed by atoms with Crippen LogP contribution in [0.4, 0.5) is 0 Å². The maximum atomic E-state index is 11.2. The van der Waals surface area contributed by atoms with Crippen molar-refractivity contribution in [1.29, 1.82) is 0 Å². The molecule has 0 aromatic carbocycles. The predicted octanol–water partition coefficient (Wildman–Crippen LogP) is 1.31. The van der Waals surface area contributed by atoms with Crippen LogP contribution in [0.5, 0.6) is 0 Å². The Kier molecular flexibility index (Phi) is 12.0. The van der Waals surface area contributed by atoms with E-state index in [2.05, 4.69) is 17.6 Å². The third kappa shape index (κ3) is 11.5. The van der Waals surface area contributed by atoms with Crippen LogP contribution in [0.15, 0.2) is 0 Å². The SMILES string of the molecule is CCCCCCNCCC(=O)NCCOC. The third-order valence-electron chi connectivity index (χ3n) is 2.36. The van der Waals surface area contributed by atoms with E-state index in [4.69, 9.17) is 4.74 Å². The van der Waals surface area contributed by atoms with Gasteiger partial charge in [-0.05, 0) is 13.0 Å². The van der Waals surface area contributed by atoms with Crippen molar-refractivity contribution < 1.29 is 9.53 Å². The molecular formula is C12H26N2O2. The first-order valence-electron chi connectivity index (χ1n) is 6.27. The van der Waals surface area contributed by atoms with Gasteiger partial charge in [0.05, 0.1) is 6.61 Å². The zero-order valence-corrected chi connectivity index (χ0v) is 10.7. The number of rotatable bonds is 11. The lowest BCUT2D eigenvalue weighted by Crippen LogP contribution is -2.30. The summed E-state index contributed by atoms with van der Waals surface area (Å²) in [5.41, 5.74) is 0. The van der Waals surface area contributed by atoms with E-state index in [1.54, 1.807) is 7.11 Å². The molecule has 4 nitrogen and oxygen atoms in total. The van der Waals surface area contributed by atoms with E-state index < -0.39 is 0 Å². The normalized spacial score (nSPS) is 10.4. The Morgan fingerprint density at radius 1 is 1.12 bits per heavy atom. The lowest BCUT2D eigenvalue weighted by atomic mass is 10.2. The highest BCUT2D eigenvalue weighted by atomic mass is 16.5. The van der Waals surface area contributed by atoms with Crippen molar-refractivity contribution in [2.24, 2.45) is 0 Å². The summed E-state index contributed by atoms with van der Waals surface area (Å²) in [7, 11) is 1.63. The van der Waals surface area contributed by atoms with Gasteiger partial charge in [-0.15, -0.1) is 0 Å². The van der Waals surface area contributed by atoms with Crippen LogP contribution in [0.1, 0.15) is 39.0 Å². The van der Waals surface area contributed by atoms with E-state index in [1.165, 1.54) is 25.7 Å². The number of carbonyl (C=O) groups excluding carboxylic acids is 1.